The third-order valence-electron chi connectivity index (χ3n) is 5.03. The first-order valence-corrected chi connectivity index (χ1v) is 10.5. The van der Waals surface area contributed by atoms with Crippen LogP contribution in [0.15, 0.2) is 0 Å². The average Bonchev–Trinajstić information content (AvgIpc) is 2.58. The molecule has 0 aliphatic rings. The van der Waals surface area contributed by atoms with E-state index in [1.165, 1.54) is 71.6 Å². The van der Waals surface area contributed by atoms with Gasteiger partial charge in [0.05, 0.1) is 6.61 Å². The summed E-state index contributed by atoms with van der Waals surface area (Å²) >= 11 is 0. The van der Waals surface area contributed by atoms with Crippen LogP contribution < -0.4 is 0 Å². The Kier molecular flexibility index (Phi) is 14.8. The minimum Gasteiger partial charge on any atom is -0.627 e. The van der Waals surface area contributed by atoms with Gasteiger partial charge in [0.15, 0.2) is 18.7 Å². The number of hydrogen-bond donors (Lipinski definition) is 2. The van der Waals surface area contributed by atoms with Crippen molar-refractivity contribution < 1.29 is 19.6 Å². The van der Waals surface area contributed by atoms with E-state index in [1.807, 2.05) is 6.92 Å². The maximum absolute atomic E-state index is 12.7. The molecule has 2 N–H and O–H groups in total. The lowest BCUT2D eigenvalue weighted by Crippen LogP contribution is -2.62. The number of unbranched alkanes of at least 4 members (excludes halogenated alkanes) is 10. The van der Waals surface area contributed by atoms with Gasteiger partial charge in [0.1, 0.15) is 0 Å². The van der Waals surface area contributed by atoms with E-state index < -0.39 is 23.3 Å². The van der Waals surface area contributed by atoms with E-state index in [0.29, 0.717) is 13.0 Å². The molecular weight excluding hydrogens is 318 g/mol. The van der Waals surface area contributed by atoms with Crippen LogP contribution in [0, 0.1) is 5.21 Å². The van der Waals surface area contributed by atoms with Gasteiger partial charge in [-0.1, -0.05) is 78.1 Å². The smallest absolute Gasteiger partial charge is 0.196 e. The summed E-state index contributed by atoms with van der Waals surface area (Å²) in [5.74, 6) is 0. The van der Waals surface area contributed by atoms with Crippen molar-refractivity contribution in [1.29, 1.82) is 0 Å². The number of aliphatic hydroxyl groups is 2. The lowest BCUT2D eigenvalue weighted by atomic mass is 10.1. The van der Waals surface area contributed by atoms with Gasteiger partial charge < -0.3 is 20.2 Å². The number of ether oxygens (including phenoxy) is 1. The second kappa shape index (κ2) is 14.9. The normalized spacial score (nSPS) is 17.9. The Morgan fingerprint density at radius 1 is 0.760 bits per heavy atom. The molecule has 3 unspecified atom stereocenters. The number of rotatable bonds is 17. The molecule has 5 heteroatoms. The highest BCUT2D eigenvalue weighted by atomic mass is 16.7. The maximum Gasteiger partial charge on any atom is 0.196 e. The summed E-state index contributed by atoms with van der Waals surface area (Å²) in [6, 6.07) is 0. The predicted octanol–water partition coefficient (Wildman–Crippen LogP) is 5.04. The van der Waals surface area contributed by atoms with Gasteiger partial charge in [0.2, 0.25) is 0 Å². The molecule has 0 aromatic rings. The largest absolute Gasteiger partial charge is 0.627 e. The maximum atomic E-state index is 12.7. The molecule has 0 amide bonds. The fourth-order valence-electron chi connectivity index (χ4n) is 3.30. The lowest BCUT2D eigenvalue weighted by Gasteiger charge is -2.51. The molecule has 0 saturated heterocycles. The van der Waals surface area contributed by atoms with Gasteiger partial charge in [-0.25, -0.2) is 0 Å². The Hall–Kier alpha value is -0.200. The van der Waals surface area contributed by atoms with Crippen molar-refractivity contribution >= 4 is 0 Å². The van der Waals surface area contributed by atoms with Crippen LogP contribution in [0.25, 0.3) is 0 Å². The van der Waals surface area contributed by atoms with Crippen molar-refractivity contribution in [1.82, 2.24) is 0 Å². The molecule has 5 nitrogen and oxygen atoms in total. The topological polar surface area (TPSA) is 72.8 Å². The SMILES string of the molecule is CCCCCCCCCCCCCOC(CC)[N+]([O-])(C(C)O)C(C)O. The van der Waals surface area contributed by atoms with Crippen molar-refractivity contribution in [2.24, 2.45) is 0 Å². The first kappa shape index (κ1) is 24.8. The van der Waals surface area contributed by atoms with Gasteiger partial charge in [0.25, 0.3) is 0 Å². The van der Waals surface area contributed by atoms with Crippen LogP contribution in [-0.4, -0.2) is 40.1 Å². The predicted molar refractivity (Wildman–Crippen MR) is 103 cm³/mol. The Bertz CT molecular complexity index is 289. The van der Waals surface area contributed by atoms with Gasteiger partial charge in [-0.2, -0.15) is 0 Å². The third-order valence-corrected chi connectivity index (χ3v) is 5.03. The molecule has 0 heterocycles. The van der Waals surface area contributed by atoms with Crippen molar-refractivity contribution in [2.45, 2.75) is 123 Å². The van der Waals surface area contributed by atoms with Crippen molar-refractivity contribution in [3.05, 3.63) is 5.21 Å². The molecule has 0 fully saturated rings. The molecule has 25 heavy (non-hydrogen) atoms. The number of hydroxylamine groups is 3. The summed E-state index contributed by atoms with van der Waals surface area (Å²) in [6.45, 7) is 7.43. The molecule has 152 valence electrons. The first-order valence-electron chi connectivity index (χ1n) is 10.5. The zero-order chi connectivity index (χ0) is 19.1. The third kappa shape index (κ3) is 9.90. The summed E-state index contributed by atoms with van der Waals surface area (Å²) in [7, 11) is 0. The number of quaternary nitrogens is 1. The summed E-state index contributed by atoms with van der Waals surface area (Å²) < 4.78 is 4.58. The average molecular weight is 362 g/mol. The Labute approximate surface area is 155 Å². The standard InChI is InChI=1S/C20H43NO4/c1-5-7-8-9-10-11-12-13-14-15-16-17-25-20(6-2)21(24,18(3)22)19(4)23/h18-20,22-23H,5-17H2,1-4H3. The fourth-order valence-corrected chi connectivity index (χ4v) is 3.30. The number of hydrogen-bond acceptors (Lipinski definition) is 4. The van der Waals surface area contributed by atoms with E-state index in [9.17, 15) is 15.4 Å². The van der Waals surface area contributed by atoms with Crippen molar-refractivity contribution in [2.75, 3.05) is 6.61 Å². The molecule has 0 radical (unpaired) electrons. The minimum atomic E-state index is -1.21. The van der Waals surface area contributed by atoms with Crippen LogP contribution in [0.2, 0.25) is 0 Å². The Balaban J connectivity index is 3.75. The monoisotopic (exact) mass is 361 g/mol. The highest BCUT2D eigenvalue weighted by Gasteiger charge is 2.37. The van der Waals surface area contributed by atoms with E-state index in [-0.39, 0.29) is 0 Å². The lowest BCUT2D eigenvalue weighted by molar-refractivity contribution is -1.00. The van der Waals surface area contributed by atoms with Gasteiger partial charge in [-0.3, -0.25) is 4.65 Å². The Morgan fingerprint density at radius 2 is 1.16 bits per heavy atom. The van der Waals surface area contributed by atoms with E-state index in [4.69, 9.17) is 4.74 Å². The van der Waals surface area contributed by atoms with Gasteiger partial charge in [-0.05, 0) is 6.42 Å². The van der Waals surface area contributed by atoms with Gasteiger partial charge in [0, 0.05) is 20.3 Å². The molecule has 0 rings (SSSR count). The molecule has 0 saturated carbocycles. The molecule has 0 bridgehead atoms. The summed E-state index contributed by atoms with van der Waals surface area (Å²) in [4.78, 5) is 0. The van der Waals surface area contributed by atoms with E-state index in [1.54, 1.807) is 0 Å². The quantitative estimate of drug-likeness (QED) is 0.165. The Morgan fingerprint density at radius 3 is 1.52 bits per heavy atom. The van der Waals surface area contributed by atoms with Gasteiger partial charge >= 0.3 is 0 Å². The summed E-state index contributed by atoms with van der Waals surface area (Å²) in [5, 5.41) is 32.2. The number of nitrogens with zero attached hydrogens (tertiary/aromatic N) is 1. The van der Waals surface area contributed by atoms with E-state index in [2.05, 4.69) is 6.92 Å². The highest BCUT2D eigenvalue weighted by molar-refractivity contribution is 4.53. The fraction of sp³-hybridized carbons (Fsp3) is 1.00. The zero-order valence-corrected chi connectivity index (χ0v) is 17.1. The second-order valence-corrected chi connectivity index (χ2v) is 7.30. The van der Waals surface area contributed by atoms with E-state index >= 15 is 0 Å². The highest BCUT2D eigenvalue weighted by Crippen LogP contribution is 2.24. The van der Waals surface area contributed by atoms with Crippen LogP contribution in [0.3, 0.4) is 0 Å². The second-order valence-electron chi connectivity index (χ2n) is 7.30. The molecule has 0 aliphatic carbocycles. The zero-order valence-electron chi connectivity index (χ0n) is 17.1. The van der Waals surface area contributed by atoms with Gasteiger partial charge in [-0.15, -0.1) is 0 Å². The summed E-state index contributed by atoms with van der Waals surface area (Å²) in [6.07, 6.45) is 11.3. The molecule has 3 atom stereocenters. The van der Waals surface area contributed by atoms with Crippen LogP contribution in [-0.2, 0) is 4.74 Å². The molecule has 0 aromatic heterocycles. The van der Waals surface area contributed by atoms with Crippen LogP contribution in [0.5, 0.6) is 0 Å². The van der Waals surface area contributed by atoms with Crippen LogP contribution in [0.1, 0.15) is 105 Å². The van der Waals surface area contributed by atoms with Crippen LogP contribution >= 0.6 is 0 Å². The van der Waals surface area contributed by atoms with E-state index in [0.717, 1.165) is 12.8 Å². The first-order chi connectivity index (χ1) is 11.9. The molecule has 0 spiro atoms. The van der Waals surface area contributed by atoms with Crippen LogP contribution in [0.4, 0.5) is 0 Å². The minimum absolute atomic E-state index is 0.470. The molecular formula is C20H43NO4. The molecule has 0 aliphatic heterocycles. The van der Waals surface area contributed by atoms with Crippen molar-refractivity contribution in [3.8, 4) is 0 Å². The summed E-state index contributed by atoms with van der Waals surface area (Å²) in [5.41, 5.74) is 0. The number of aliphatic hydroxyl groups excluding tert-OH is 2. The van der Waals surface area contributed by atoms with Crippen molar-refractivity contribution in [3.63, 3.8) is 0 Å². The molecule has 0 aromatic carbocycles.